The third-order valence-corrected chi connectivity index (χ3v) is 5.25. The molecule has 0 atom stereocenters. The molecule has 2 N–H and O–H groups in total. The first-order valence-electron chi connectivity index (χ1n) is 6.06. The van der Waals surface area contributed by atoms with E-state index in [4.69, 9.17) is 5.73 Å². The fraction of sp³-hybridized carbons (Fsp3) is 0.143. The lowest BCUT2D eigenvalue weighted by atomic mass is 10.2. The molecule has 0 unspecified atom stereocenters. The van der Waals surface area contributed by atoms with Crippen LogP contribution in [0.25, 0.3) is 0 Å². The monoisotopic (exact) mass is 372 g/mol. The van der Waals surface area contributed by atoms with Gasteiger partial charge in [-0.25, -0.2) is 12.8 Å². The summed E-state index contributed by atoms with van der Waals surface area (Å²) in [4.78, 5) is -0.417. The van der Waals surface area contributed by atoms with Crippen molar-refractivity contribution < 1.29 is 12.8 Å². The van der Waals surface area contributed by atoms with E-state index in [1.807, 2.05) is 12.1 Å². The summed E-state index contributed by atoms with van der Waals surface area (Å²) in [5, 5.41) is 0. The lowest BCUT2D eigenvalue weighted by Gasteiger charge is -2.18. The number of hydrogen-bond donors (Lipinski definition) is 1. The summed E-state index contributed by atoms with van der Waals surface area (Å²) in [5.74, 6) is -0.815. The fourth-order valence-electron chi connectivity index (χ4n) is 1.86. The normalized spacial score (nSPS) is 11.8. The number of nitrogens with zero attached hydrogens (tertiary/aromatic N) is 1. The molecule has 21 heavy (non-hydrogen) atoms. The lowest BCUT2D eigenvalue weighted by molar-refractivity contribution is 0.460. The predicted molar refractivity (Wildman–Crippen MR) is 83.6 cm³/mol. The molecule has 0 aromatic heterocycles. The van der Waals surface area contributed by atoms with Crippen molar-refractivity contribution in [1.29, 1.82) is 0 Å². The van der Waals surface area contributed by atoms with E-state index in [1.165, 1.54) is 13.1 Å². The molecule has 0 saturated carbocycles. The molecule has 0 heterocycles. The third kappa shape index (κ3) is 3.61. The molecular weight excluding hydrogens is 359 g/mol. The van der Waals surface area contributed by atoms with Crippen LogP contribution in [0.3, 0.4) is 0 Å². The Bertz CT molecular complexity index is 765. The van der Waals surface area contributed by atoms with Crippen LogP contribution in [-0.2, 0) is 16.6 Å². The molecule has 4 nitrogen and oxygen atoms in total. The van der Waals surface area contributed by atoms with Gasteiger partial charge in [0.05, 0.1) is 0 Å². The van der Waals surface area contributed by atoms with Crippen LogP contribution >= 0.6 is 15.9 Å². The van der Waals surface area contributed by atoms with E-state index in [0.29, 0.717) is 0 Å². The van der Waals surface area contributed by atoms with Gasteiger partial charge in [0.2, 0.25) is 10.0 Å². The molecule has 7 heteroatoms. The van der Waals surface area contributed by atoms with E-state index in [1.54, 1.807) is 12.1 Å². The topological polar surface area (TPSA) is 63.4 Å². The Hall–Kier alpha value is -1.44. The van der Waals surface area contributed by atoms with E-state index >= 15 is 0 Å². The van der Waals surface area contributed by atoms with Crippen LogP contribution in [0.1, 0.15) is 5.56 Å². The second-order valence-corrected chi connectivity index (χ2v) is 7.51. The molecule has 0 fully saturated rings. The Balaban J connectivity index is 2.33. The van der Waals surface area contributed by atoms with E-state index in [-0.39, 0.29) is 12.2 Å². The molecular formula is C14H14BrFN2O2S. The Kier molecular flexibility index (Phi) is 4.65. The summed E-state index contributed by atoms with van der Waals surface area (Å²) in [5.41, 5.74) is 6.53. The second-order valence-electron chi connectivity index (χ2n) is 4.58. The number of anilines is 1. The minimum atomic E-state index is -3.94. The van der Waals surface area contributed by atoms with Crippen molar-refractivity contribution in [2.75, 3.05) is 12.8 Å². The average Bonchev–Trinajstić information content (AvgIpc) is 2.41. The van der Waals surface area contributed by atoms with Gasteiger partial charge in [0, 0.05) is 23.8 Å². The van der Waals surface area contributed by atoms with Crippen LogP contribution < -0.4 is 5.73 Å². The van der Waals surface area contributed by atoms with Crippen molar-refractivity contribution in [3.63, 3.8) is 0 Å². The van der Waals surface area contributed by atoms with E-state index in [2.05, 4.69) is 15.9 Å². The molecule has 0 radical (unpaired) electrons. The number of rotatable bonds is 4. The average molecular weight is 373 g/mol. The number of hydrogen-bond acceptors (Lipinski definition) is 3. The van der Waals surface area contributed by atoms with Crippen molar-refractivity contribution in [2.24, 2.45) is 0 Å². The van der Waals surface area contributed by atoms with Gasteiger partial charge in [0.1, 0.15) is 10.7 Å². The Morgan fingerprint density at radius 1 is 1.24 bits per heavy atom. The molecule has 2 aromatic carbocycles. The Morgan fingerprint density at radius 3 is 2.62 bits per heavy atom. The molecule has 0 amide bonds. The summed E-state index contributed by atoms with van der Waals surface area (Å²) >= 11 is 3.32. The van der Waals surface area contributed by atoms with Gasteiger partial charge in [-0.1, -0.05) is 28.1 Å². The highest BCUT2D eigenvalue weighted by Crippen LogP contribution is 2.23. The van der Waals surface area contributed by atoms with Crippen LogP contribution in [0.5, 0.6) is 0 Å². The van der Waals surface area contributed by atoms with Crippen LogP contribution in [0, 0.1) is 5.82 Å². The van der Waals surface area contributed by atoms with Gasteiger partial charge < -0.3 is 5.73 Å². The highest BCUT2D eigenvalue weighted by atomic mass is 79.9. The van der Waals surface area contributed by atoms with Gasteiger partial charge in [0.25, 0.3) is 0 Å². The fourth-order valence-corrected chi connectivity index (χ4v) is 3.56. The van der Waals surface area contributed by atoms with Crippen molar-refractivity contribution in [1.82, 2.24) is 4.31 Å². The largest absolute Gasteiger partial charge is 0.399 e. The molecule has 2 aromatic rings. The minimum absolute atomic E-state index is 0.135. The number of halogens is 2. The molecule has 0 spiro atoms. The smallest absolute Gasteiger partial charge is 0.246 e. The first-order valence-corrected chi connectivity index (χ1v) is 8.30. The van der Waals surface area contributed by atoms with Gasteiger partial charge in [0.15, 0.2) is 0 Å². The van der Waals surface area contributed by atoms with Gasteiger partial charge in [-0.3, -0.25) is 0 Å². The van der Waals surface area contributed by atoms with Crippen molar-refractivity contribution in [3.8, 4) is 0 Å². The third-order valence-electron chi connectivity index (χ3n) is 2.94. The molecule has 0 aliphatic heterocycles. The minimum Gasteiger partial charge on any atom is -0.399 e. The van der Waals surface area contributed by atoms with Gasteiger partial charge in [-0.05, 0) is 35.9 Å². The number of nitrogens with two attached hydrogens (primary N) is 1. The van der Waals surface area contributed by atoms with Crippen molar-refractivity contribution in [3.05, 3.63) is 58.3 Å². The van der Waals surface area contributed by atoms with Gasteiger partial charge in [-0.2, -0.15) is 4.31 Å². The molecule has 0 aliphatic carbocycles. The van der Waals surface area contributed by atoms with E-state index < -0.39 is 20.7 Å². The first kappa shape index (κ1) is 15.9. The molecule has 0 saturated heterocycles. The highest BCUT2D eigenvalue weighted by Gasteiger charge is 2.24. The summed E-state index contributed by atoms with van der Waals surface area (Å²) in [6.45, 7) is 0.135. The lowest BCUT2D eigenvalue weighted by Crippen LogP contribution is -2.27. The second kappa shape index (κ2) is 6.13. The van der Waals surface area contributed by atoms with Crippen LogP contribution in [-0.4, -0.2) is 19.8 Å². The summed E-state index contributed by atoms with van der Waals surface area (Å²) in [6.07, 6.45) is 0. The van der Waals surface area contributed by atoms with Crippen LogP contribution in [0.15, 0.2) is 51.8 Å². The maximum Gasteiger partial charge on any atom is 0.246 e. The summed E-state index contributed by atoms with van der Waals surface area (Å²) < 4.78 is 40.5. The molecule has 112 valence electrons. The van der Waals surface area contributed by atoms with E-state index in [9.17, 15) is 12.8 Å². The number of sulfonamides is 1. The van der Waals surface area contributed by atoms with Crippen molar-refractivity contribution in [2.45, 2.75) is 11.4 Å². The Morgan fingerprint density at radius 2 is 1.95 bits per heavy atom. The molecule has 0 bridgehead atoms. The zero-order valence-corrected chi connectivity index (χ0v) is 13.7. The van der Waals surface area contributed by atoms with E-state index in [0.717, 1.165) is 26.5 Å². The first-order chi connectivity index (χ1) is 9.80. The highest BCUT2D eigenvalue weighted by molar-refractivity contribution is 9.10. The summed E-state index contributed by atoms with van der Waals surface area (Å²) in [7, 11) is -2.54. The summed E-state index contributed by atoms with van der Waals surface area (Å²) in [6, 6.07) is 10.8. The quantitative estimate of drug-likeness (QED) is 0.839. The van der Waals surface area contributed by atoms with Crippen LogP contribution in [0.2, 0.25) is 0 Å². The maximum atomic E-state index is 13.8. The number of benzene rings is 2. The SMILES string of the molecule is CN(Cc1cccc(Br)c1)S(=O)(=O)c1cc(N)ccc1F. The van der Waals surface area contributed by atoms with Gasteiger partial charge >= 0.3 is 0 Å². The van der Waals surface area contributed by atoms with Gasteiger partial charge in [-0.15, -0.1) is 0 Å². The van der Waals surface area contributed by atoms with Crippen molar-refractivity contribution >= 4 is 31.6 Å². The molecule has 2 rings (SSSR count). The predicted octanol–water partition coefficient (Wildman–Crippen LogP) is 2.99. The van der Waals surface area contributed by atoms with Crippen LogP contribution in [0.4, 0.5) is 10.1 Å². The Labute approximate surface area is 131 Å². The maximum absolute atomic E-state index is 13.8. The zero-order valence-electron chi connectivity index (χ0n) is 11.3. The molecule has 0 aliphatic rings. The zero-order chi connectivity index (χ0) is 15.6. The standard InChI is InChI=1S/C14H14BrFN2O2S/c1-18(9-10-3-2-4-11(15)7-10)21(19,20)14-8-12(17)5-6-13(14)16/h2-8H,9,17H2,1H3. The number of nitrogen functional groups attached to an aromatic ring is 1.